The number of rotatable bonds is 2. The van der Waals surface area contributed by atoms with Crippen LogP contribution in [-0.2, 0) is 21.0 Å². The minimum Gasteiger partial charge on any atom is -0.472 e. The van der Waals surface area contributed by atoms with Crippen molar-refractivity contribution >= 4 is 5.97 Å². The lowest BCUT2D eigenvalue weighted by molar-refractivity contribution is -0.130. The first-order chi connectivity index (χ1) is 13.6. The van der Waals surface area contributed by atoms with Gasteiger partial charge in [-0.05, 0) is 77.3 Å². The Morgan fingerprint density at radius 2 is 1.45 bits per heavy atom. The Morgan fingerprint density at radius 1 is 0.862 bits per heavy atom. The van der Waals surface area contributed by atoms with E-state index in [2.05, 4.69) is 64.7 Å². The minimum absolute atomic E-state index is 0.0411. The van der Waals surface area contributed by atoms with Gasteiger partial charge >= 0.3 is 5.97 Å². The molecule has 2 heteroatoms. The standard InChI is InChI=1S/C27H30O2/c1-18-16-22-23(26(4,5)13-12-25(22,2)3)17-21(18)27(14-15-27)20-9-7-6-8-19(20)10-11-24(28)29/h6-9,16-17H,12-15H2,1-5H3,(H,28,29). The van der Waals surface area contributed by atoms with E-state index in [4.69, 9.17) is 5.11 Å². The summed E-state index contributed by atoms with van der Waals surface area (Å²) in [5, 5.41) is 9.01. The van der Waals surface area contributed by atoms with Crippen LogP contribution in [0.5, 0.6) is 0 Å². The Labute approximate surface area is 174 Å². The molecule has 0 bridgehead atoms. The van der Waals surface area contributed by atoms with Crippen LogP contribution in [0.15, 0.2) is 36.4 Å². The molecule has 2 aromatic carbocycles. The molecule has 0 atom stereocenters. The van der Waals surface area contributed by atoms with E-state index in [9.17, 15) is 4.79 Å². The summed E-state index contributed by atoms with van der Waals surface area (Å²) in [5.74, 6) is 4.11. The van der Waals surface area contributed by atoms with Crippen molar-refractivity contribution in [3.8, 4) is 11.8 Å². The van der Waals surface area contributed by atoms with Crippen LogP contribution >= 0.6 is 0 Å². The Hall–Kier alpha value is -2.53. The number of aliphatic carboxylic acids is 1. The van der Waals surface area contributed by atoms with Crippen LogP contribution in [0.25, 0.3) is 0 Å². The molecule has 2 aliphatic carbocycles. The van der Waals surface area contributed by atoms with E-state index in [0.717, 1.165) is 18.4 Å². The van der Waals surface area contributed by atoms with Crippen molar-refractivity contribution in [3.63, 3.8) is 0 Å². The molecule has 2 aromatic rings. The lowest BCUT2D eigenvalue weighted by Gasteiger charge is -2.43. The first kappa shape index (κ1) is 19.8. The van der Waals surface area contributed by atoms with E-state index >= 15 is 0 Å². The van der Waals surface area contributed by atoms with Crippen molar-refractivity contribution < 1.29 is 9.90 Å². The van der Waals surface area contributed by atoms with Crippen molar-refractivity contribution in [1.82, 2.24) is 0 Å². The van der Waals surface area contributed by atoms with Gasteiger partial charge in [-0.25, -0.2) is 4.79 Å². The maximum absolute atomic E-state index is 11.0. The van der Waals surface area contributed by atoms with E-state index in [-0.39, 0.29) is 16.2 Å². The predicted molar refractivity (Wildman–Crippen MR) is 117 cm³/mol. The molecule has 2 aliphatic rings. The quantitative estimate of drug-likeness (QED) is 0.656. The van der Waals surface area contributed by atoms with Crippen LogP contribution in [0, 0.1) is 18.8 Å². The Bertz CT molecular complexity index is 1060. The molecule has 0 spiro atoms. The Morgan fingerprint density at radius 3 is 2.03 bits per heavy atom. The first-order valence-corrected chi connectivity index (χ1v) is 10.6. The fourth-order valence-corrected chi connectivity index (χ4v) is 5.18. The lowest BCUT2D eigenvalue weighted by atomic mass is 9.62. The lowest BCUT2D eigenvalue weighted by Crippen LogP contribution is -2.34. The zero-order valence-corrected chi connectivity index (χ0v) is 18.1. The highest BCUT2D eigenvalue weighted by atomic mass is 16.4. The summed E-state index contributed by atoms with van der Waals surface area (Å²) in [7, 11) is 0. The summed E-state index contributed by atoms with van der Waals surface area (Å²) < 4.78 is 0. The number of carboxylic acids is 1. The van der Waals surface area contributed by atoms with Gasteiger partial charge in [0, 0.05) is 16.9 Å². The second-order valence-corrected chi connectivity index (χ2v) is 10.2. The monoisotopic (exact) mass is 386 g/mol. The van der Waals surface area contributed by atoms with Gasteiger partial charge in [-0.2, -0.15) is 0 Å². The molecule has 1 saturated carbocycles. The smallest absolute Gasteiger partial charge is 0.382 e. The van der Waals surface area contributed by atoms with Crippen LogP contribution in [0.1, 0.15) is 86.8 Å². The van der Waals surface area contributed by atoms with Gasteiger partial charge in [0.1, 0.15) is 0 Å². The zero-order chi connectivity index (χ0) is 21.0. The van der Waals surface area contributed by atoms with Crippen molar-refractivity contribution in [2.45, 2.75) is 76.5 Å². The van der Waals surface area contributed by atoms with E-state index < -0.39 is 5.97 Å². The van der Waals surface area contributed by atoms with E-state index in [1.54, 1.807) is 0 Å². The second kappa shape index (κ2) is 6.49. The largest absolute Gasteiger partial charge is 0.472 e. The van der Waals surface area contributed by atoms with Gasteiger partial charge in [0.05, 0.1) is 0 Å². The fourth-order valence-electron chi connectivity index (χ4n) is 5.18. The molecule has 0 radical (unpaired) electrons. The highest BCUT2D eigenvalue weighted by Crippen LogP contribution is 2.57. The summed E-state index contributed by atoms with van der Waals surface area (Å²) in [6.07, 6.45) is 4.58. The Balaban J connectivity index is 1.90. The van der Waals surface area contributed by atoms with E-state index in [1.165, 1.54) is 40.7 Å². The third-order valence-electron chi connectivity index (χ3n) is 7.21. The average Bonchev–Trinajstić information content (AvgIpc) is 3.45. The van der Waals surface area contributed by atoms with Crippen molar-refractivity contribution in [2.75, 3.05) is 0 Å². The molecule has 2 nitrogen and oxygen atoms in total. The zero-order valence-electron chi connectivity index (χ0n) is 18.1. The first-order valence-electron chi connectivity index (χ1n) is 10.6. The van der Waals surface area contributed by atoms with Gasteiger partial charge in [-0.15, -0.1) is 0 Å². The summed E-state index contributed by atoms with van der Waals surface area (Å²) >= 11 is 0. The molecular weight excluding hydrogens is 356 g/mol. The minimum atomic E-state index is -1.08. The molecule has 29 heavy (non-hydrogen) atoms. The molecule has 0 saturated heterocycles. The van der Waals surface area contributed by atoms with Gasteiger partial charge in [-0.3, -0.25) is 0 Å². The van der Waals surface area contributed by atoms with Gasteiger partial charge in [0.2, 0.25) is 0 Å². The number of carboxylic acid groups (broad SMARTS) is 1. The number of hydrogen-bond donors (Lipinski definition) is 1. The molecule has 1 N–H and O–H groups in total. The summed E-state index contributed by atoms with van der Waals surface area (Å²) in [6.45, 7) is 11.7. The third-order valence-corrected chi connectivity index (χ3v) is 7.21. The fraction of sp³-hybridized carbons (Fsp3) is 0.444. The van der Waals surface area contributed by atoms with Gasteiger partial charge < -0.3 is 5.11 Å². The Kier molecular flexibility index (Phi) is 4.43. The van der Waals surface area contributed by atoms with E-state index in [1.807, 2.05) is 18.2 Å². The van der Waals surface area contributed by atoms with Crippen LogP contribution in [0.2, 0.25) is 0 Å². The highest BCUT2D eigenvalue weighted by molar-refractivity contribution is 5.87. The number of aryl methyl sites for hydroxylation is 1. The maximum atomic E-state index is 11.0. The molecule has 0 amide bonds. The van der Waals surface area contributed by atoms with Gasteiger partial charge in [-0.1, -0.05) is 63.9 Å². The van der Waals surface area contributed by atoms with Crippen LogP contribution in [0.3, 0.4) is 0 Å². The summed E-state index contributed by atoms with van der Waals surface area (Å²) in [4.78, 5) is 11.0. The number of fused-ring (bicyclic) bond motifs is 1. The normalized spacial score (nSPS) is 20.2. The summed E-state index contributed by atoms with van der Waals surface area (Å²) in [6, 6.07) is 13.0. The van der Waals surface area contributed by atoms with Gasteiger partial charge in [0.15, 0.2) is 0 Å². The van der Waals surface area contributed by atoms with Gasteiger partial charge in [0.25, 0.3) is 0 Å². The second-order valence-electron chi connectivity index (χ2n) is 10.2. The number of hydrogen-bond acceptors (Lipinski definition) is 1. The SMILES string of the molecule is Cc1cc2c(cc1C1(c3ccccc3C#CC(=O)O)CC1)C(C)(C)CCC2(C)C. The third kappa shape index (κ3) is 3.27. The van der Waals surface area contributed by atoms with Crippen molar-refractivity contribution in [2.24, 2.45) is 0 Å². The molecule has 0 heterocycles. The number of carbonyl (C=O) groups is 1. The van der Waals surface area contributed by atoms with Crippen LogP contribution in [-0.4, -0.2) is 11.1 Å². The van der Waals surface area contributed by atoms with Crippen molar-refractivity contribution in [1.29, 1.82) is 0 Å². The molecule has 1 fully saturated rings. The molecule has 150 valence electrons. The average molecular weight is 387 g/mol. The molecule has 4 rings (SSSR count). The predicted octanol–water partition coefficient (Wildman–Crippen LogP) is 5.86. The van der Waals surface area contributed by atoms with Crippen LogP contribution in [0.4, 0.5) is 0 Å². The number of benzene rings is 2. The molecular formula is C27H30O2. The summed E-state index contributed by atoms with van der Waals surface area (Å²) in [5.41, 5.74) is 8.05. The maximum Gasteiger partial charge on any atom is 0.382 e. The topological polar surface area (TPSA) is 37.3 Å². The molecule has 0 unspecified atom stereocenters. The van der Waals surface area contributed by atoms with Crippen molar-refractivity contribution in [3.05, 3.63) is 69.8 Å². The highest BCUT2D eigenvalue weighted by Gasteiger charge is 2.49. The van der Waals surface area contributed by atoms with Crippen LogP contribution < -0.4 is 0 Å². The molecule has 0 aromatic heterocycles. The molecule has 0 aliphatic heterocycles. The van der Waals surface area contributed by atoms with E-state index in [0.29, 0.717) is 0 Å².